The number of ether oxygens (including phenoxy) is 2. The molecule has 0 spiro atoms. The molecule has 0 bridgehead atoms. The molecule has 1 aromatic rings. The van der Waals surface area contributed by atoms with Crippen molar-refractivity contribution in [1.82, 2.24) is 5.32 Å². The lowest BCUT2D eigenvalue weighted by molar-refractivity contribution is 0.0949. The van der Waals surface area contributed by atoms with Crippen LogP contribution in [0.15, 0.2) is 18.2 Å². The van der Waals surface area contributed by atoms with Crippen molar-refractivity contribution in [3.05, 3.63) is 23.8 Å². The van der Waals surface area contributed by atoms with Gasteiger partial charge in [-0.15, -0.1) is 11.6 Å². The predicted octanol–water partition coefficient (Wildman–Crippen LogP) is 2.84. The lowest BCUT2D eigenvalue weighted by atomic mass is 10.1. The average molecular weight is 286 g/mol. The van der Waals surface area contributed by atoms with Gasteiger partial charge in [-0.05, 0) is 18.6 Å². The molecule has 0 saturated carbocycles. The van der Waals surface area contributed by atoms with Crippen LogP contribution in [0.25, 0.3) is 0 Å². The summed E-state index contributed by atoms with van der Waals surface area (Å²) < 4.78 is 10.4. The maximum atomic E-state index is 12.1. The molecule has 1 aromatic carbocycles. The molecule has 0 fully saturated rings. The van der Waals surface area contributed by atoms with E-state index >= 15 is 0 Å². The first kappa shape index (κ1) is 15.6. The Morgan fingerprint density at radius 1 is 1.37 bits per heavy atom. The molecule has 4 nitrogen and oxygen atoms in total. The van der Waals surface area contributed by atoms with Crippen molar-refractivity contribution in [1.29, 1.82) is 0 Å². The fraction of sp³-hybridized carbons (Fsp3) is 0.500. The van der Waals surface area contributed by atoms with Gasteiger partial charge in [0.15, 0.2) is 11.5 Å². The van der Waals surface area contributed by atoms with Gasteiger partial charge < -0.3 is 14.8 Å². The van der Waals surface area contributed by atoms with E-state index in [4.69, 9.17) is 21.1 Å². The summed E-state index contributed by atoms with van der Waals surface area (Å²) in [6.45, 7) is 2.50. The van der Waals surface area contributed by atoms with Crippen molar-refractivity contribution >= 4 is 17.5 Å². The molecule has 0 aromatic heterocycles. The van der Waals surface area contributed by atoms with Crippen LogP contribution in [0.2, 0.25) is 0 Å². The summed E-state index contributed by atoms with van der Waals surface area (Å²) in [7, 11) is 3.05. The zero-order valence-corrected chi connectivity index (χ0v) is 12.3. The summed E-state index contributed by atoms with van der Waals surface area (Å²) in [5.41, 5.74) is 0.446. The van der Waals surface area contributed by atoms with E-state index in [1.165, 1.54) is 14.2 Å². The molecule has 106 valence electrons. The second-order valence-corrected chi connectivity index (χ2v) is 4.75. The van der Waals surface area contributed by atoms with Crippen LogP contribution in [0, 0.1) is 0 Å². The number of rotatable bonds is 7. The minimum atomic E-state index is -0.211. The summed E-state index contributed by atoms with van der Waals surface area (Å²) in [5, 5.41) is 2.75. The number of amides is 1. The summed E-state index contributed by atoms with van der Waals surface area (Å²) in [6.07, 6.45) is 1.86. The van der Waals surface area contributed by atoms with E-state index in [1.807, 2.05) is 0 Å². The number of carbonyl (C=O) groups is 1. The van der Waals surface area contributed by atoms with Gasteiger partial charge >= 0.3 is 0 Å². The Labute approximate surface area is 119 Å². The van der Waals surface area contributed by atoms with Gasteiger partial charge in [0.2, 0.25) is 0 Å². The fourth-order valence-electron chi connectivity index (χ4n) is 1.78. The lowest BCUT2D eigenvalue weighted by Crippen LogP contribution is -2.30. The summed E-state index contributed by atoms with van der Waals surface area (Å²) in [6, 6.07) is 5.19. The molecular formula is C14H20ClNO3. The van der Waals surface area contributed by atoms with E-state index < -0.39 is 0 Å². The van der Waals surface area contributed by atoms with Crippen molar-refractivity contribution in [3.63, 3.8) is 0 Å². The molecule has 0 aliphatic rings. The Morgan fingerprint density at radius 3 is 2.68 bits per heavy atom. The third-order valence-corrected chi connectivity index (χ3v) is 3.11. The highest BCUT2D eigenvalue weighted by Gasteiger charge is 2.16. The molecule has 1 N–H and O–H groups in total. The molecule has 0 heterocycles. The van der Waals surface area contributed by atoms with Crippen molar-refractivity contribution in [2.45, 2.75) is 25.1 Å². The molecule has 1 atom stereocenters. The number of benzene rings is 1. The number of methoxy groups -OCH3 is 2. The normalized spacial score (nSPS) is 11.8. The van der Waals surface area contributed by atoms with Crippen LogP contribution >= 0.6 is 11.6 Å². The van der Waals surface area contributed by atoms with Crippen LogP contribution in [0.3, 0.4) is 0 Å². The summed E-state index contributed by atoms with van der Waals surface area (Å²) in [5.74, 6) is 0.757. The van der Waals surface area contributed by atoms with Crippen LogP contribution in [0.5, 0.6) is 11.5 Å². The molecule has 1 rings (SSSR count). The number of alkyl halides is 1. The highest BCUT2D eigenvalue weighted by Crippen LogP contribution is 2.30. The highest BCUT2D eigenvalue weighted by atomic mass is 35.5. The molecule has 5 heteroatoms. The quantitative estimate of drug-likeness (QED) is 0.784. The lowest BCUT2D eigenvalue weighted by Gasteiger charge is -2.14. The minimum Gasteiger partial charge on any atom is -0.493 e. The molecule has 1 amide bonds. The number of nitrogens with one attached hydrogen (secondary N) is 1. The Morgan fingerprint density at radius 2 is 2.11 bits per heavy atom. The number of hydrogen-bond donors (Lipinski definition) is 1. The monoisotopic (exact) mass is 285 g/mol. The van der Waals surface area contributed by atoms with Gasteiger partial charge in [0.25, 0.3) is 5.91 Å². The average Bonchev–Trinajstić information content (AvgIpc) is 2.44. The number of para-hydroxylation sites is 1. The molecule has 0 saturated heterocycles. The van der Waals surface area contributed by atoms with Crippen molar-refractivity contribution in [2.24, 2.45) is 0 Å². The van der Waals surface area contributed by atoms with Gasteiger partial charge in [0.05, 0.1) is 25.2 Å². The largest absolute Gasteiger partial charge is 0.493 e. The maximum Gasteiger partial charge on any atom is 0.255 e. The molecule has 0 aliphatic heterocycles. The van der Waals surface area contributed by atoms with E-state index in [-0.39, 0.29) is 11.3 Å². The third kappa shape index (κ3) is 4.31. The Bertz CT molecular complexity index is 423. The highest BCUT2D eigenvalue weighted by molar-refractivity contribution is 6.20. The molecule has 0 radical (unpaired) electrons. The predicted molar refractivity (Wildman–Crippen MR) is 76.4 cm³/mol. The first-order chi connectivity index (χ1) is 9.13. The summed E-state index contributed by atoms with van der Waals surface area (Å²) >= 11 is 6.07. The number of halogens is 1. The second-order valence-electron chi connectivity index (χ2n) is 4.14. The van der Waals surface area contributed by atoms with Gasteiger partial charge in [0, 0.05) is 6.54 Å². The molecule has 0 aliphatic carbocycles. The Kier molecular flexibility index (Phi) is 6.50. The third-order valence-electron chi connectivity index (χ3n) is 2.73. The summed E-state index contributed by atoms with van der Waals surface area (Å²) in [4.78, 5) is 12.1. The number of carbonyl (C=O) groups excluding carboxylic acids is 1. The Balaban J connectivity index is 2.76. The van der Waals surface area contributed by atoms with Crippen LogP contribution in [0.1, 0.15) is 30.1 Å². The topological polar surface area (TPSA) is 47.6 Å². The van der Waals surface area contributed by atoms with E-state index in [0.717, 1.165) is 12.8 Å². The van der Waals surface area contributed by atoms with Crippen LogP contribution in [0.4, 0.5) is 0 Å². The van der Waals surface area contributed by atoms with Crippen molar-refractivity contribution in [2.75, 3.05) is 20.8 Å². The first-order valence-electron chi connectivity index (χ1n) is 6.27. The Hall–Kier alpha value is -1.42. The van der Waals surface area contributed by atoms with Gasteiger partial charge in [0.1, 0.15) is 0 Å². The van der Waals surface area contributed by atoms with E-state index in [1.54, 1.807) is 18.2 Å². The standard InChI is InChI=1S/C14H20ClNO3/c1-4-6-10(15)9-16-14(17)11-7-5-8-12(18-2)13(11)19-3/h5,7-8,10H,4,6,9H2,1-3H3,(H,16,17). The fourth-order valence-corrected chi connectivity index (χ4v) is 2.08. The minimum absolute atomic E-state index is 0.0504. The SMILES string of the molecule is CCCC(Cl)CNC(=O)c1cccc(OC)c1OC. The van der Waals surface area contributed by atoms with Gasteiger partial charge in [-0.1, -0.05) is 19.4 Å². The second kappa shape index (κ2) is 7.89. The van der Waals surface area contributed by atoms with E-state index in [2.05, 4.69) is 12.2 Å². The van der Waals surface area contributed by atoms with Crippen LogP contribution in [-0.2, 0) is 0 Å². The van der Waals surface area contributed by atoms with Crippen molar-refractivity contribution < 1.29 is 14.3 Å². The number of hydrogen-bond acceptors (Lipinski definition) is 3. The first-order valence-corrected chi connectivity index (χ1v) is 6.70. The smallest absolute Gasteiger partial charge is 0.255 e. The molecular weight excluding hydrogens is 266 g/mol. The molecule has 1 unspecified atom stereocenters. The zero-order chi connectivity index (χ0) is 14.3. The van der Waals surface area contributed by atoms with Gasteiger partial charge in [-0.25, -0.2) is 0 Å². The van der Waals surface area contributed by atoms with Gasteiger partial charge in [-0.3, -0.25) is 4.79 Å². The van der Waals surface area contributed by atoms with E-state index in [0.29, 0.717) is 23.6 Å². The zero-order valence-electron chi connectivity index (χ0n) is 11.5. The van der Waals surface area contributed by atoms with Crippen LogP contribution in [-0.4, -0.2) is 32.0 Å². The van der Waals surface area contributed by atoms with Crippen molar-refractivity contribution in [3.8, 4) is 11.5 Å². The van der Waals surface area contributed by atoms with Gasteiger partial charge in [-0.2, -0.15) is 0 Å². The maximum absolute atomic E-state index is 12.1. The molecule has 19 heavy (non-hydrogen) atoms. The van der Waals surface area contributed by atoms with E-state index in [9.17, 15) is 4.79 Å². The van der Waals surface area contributed by atoms with Crippen LogP contribution < -0.4 is 14.8 Å².